The fraction of sp³-hybridized carbons (Fsp3) is 0.600. The number of rotatable bonds is 6. The number of hydrogen-bond donors (Lipinski definition) is 0. The van der Waals surface area contributed by atoms with Crippen LogP contribution in [-0.2, 0) is 11.3 Å². The van der Waals surface area contributed by atoms with E-state index in [1.165, 1.54) is 0 Å². The second-order valence-corrected chi connectivity index (χ2v) is 5.12. The number of ether oxygens (including phenoxy) is 1. The zero-order chi connectivity index (χ0) is 14.4. The molecule has 1 aliphatic rings. The van der Waals surface area contributed by atoms with E-state index in [0.717, 1.165) is 39.1 Å². The van der Waals surface area contributed by atoms with Crippen LogP contribution in [0.2, 0.25) is 0 Å². The quantitative estimate of drug-likeness (QED) is 0.590. The summed E-state index contributed by atoms with van der Waals surface area (Å²) in [7, 11) is 0. The zero-order valence-corrected chi connectivity index (χ0v) is 12.1. The molecule has 0 unspecified atom stereocenters. The van der Waals surface area contributed by atoms with Crippen LogP contribution in [-0.4, -0.2) is 46.9 Å². The molecule has 0 radical (unpaired) electrons. The van der Waals surface area contributed by atoms with Gasteiger partial charge in [0.1, 0.15) is 5.69 Å². The van der Waals surface area contributed by atoms with Crippen LogP contribution in [0.1, 0.15) is 30.3 Å². The van der Waals surface area contributed by atoms with Gasteiger partial charge in [-0.05, 0) is 31.7 Å². The van der Waals surface area contributed by atoms with Crippen LogP contribution >= 0.6 is 0 Å². The molecule has 1 aromatic rings. The summed E-state index contributed by atoms with van der Waals surface area (Å²) in [5.41, 5.74) is 0.549. The predicted octanol–water partition coefficient (Wildman–Crippen LogP) is 1.96. The van der Waals surface area contributed by atoms with Gasteiger partial charge < -0.3 is 9.64 Å². The first-order chi connectivity index (χ1) is 9.74. The zero-order valence-electron chi connectivity index (χ0n) is 12.1. The minimum absolute atomic E-state index is 0.0441. The van der Waals surface area contributed by atoms with Crippen molar-refractivity contribution in [1.29, 1.82) is 0 Å². The Bertz CT molecular complexity index is 448. The molecule has 0 atom stereocenters. The van der Waals surface area contributed by atoms with Gasteiger partial charge in [-0.2, -0.15) is 5.10 Å². The Morgan fingerprint density at radius 2 is 2.30 bits per heavy atom. The van der Waals surface area contributed by atoms with Gasteiger partial charge in [0.2, 0.25) is 0 Å². The minimum atomic E-state index is 0.0441. The fourth-order valence-corrected chi connectivity index (χ4v) is 2.43. The van der Waals surface area contributed by atoms with Gasteiger partial charge in [0.15, 0.2) is 0 Å². The van der Waals surface area contributed by atoms with Gasteiger partial charge in [0, 0.05) is 32.4 Å². The van der Waals surface area contributed by atoms with Crippen LogP contribution < -0.4 is 0 Å². The normalized spacial score (nSPS) is 16.4. The van der Waals surface area contributed by atoms with Crippen LogP contribution in [0, 0.1) is 5.92 Å². The molecule has 0 N–H and O–H groups in total. The lowest BCUT2D eigenvalue weighted by Gasteiger charge is -2.31. The predicted molar refractivity (Wildman–Crippen MR) is 77.5 cm³/mol. The average Bonchev–Trinajstić information content (AvgIpc) is 2.96. The molecular formula is C15H23N3O2. The second kappa shape index (κ2) is 7.24. The Labute approximate surface area is 120 Å². The van der Waals surface area contributed by atoms with E-state index in [1.807, 2.05) is 18.0 Å². The molecule has 0 saturated carbocycles. The molecule has 2 rings (SSSR count). The van der Waals surface area contributed by atoms with E-state index >= 15 is 0 Å². The highest BCUT2D eigenvalue weighted by molar-refractivity contribution is 5.92. The van der Waals surface area contributed by atoms with Crippen LogP contribution in [0.25, 0.3) is 0 Å². The van der Waals surface area contributed by atoms with Crippen molar-refractivity contribution >= 4 is 5.91 Å². The van der Waals surface area contributed by atoms with Crippen molar-refractivity contribution in [2.75, 3.05) is 26.3 Å². The van der Waals surface area contributed by atoms with E-state index in [0.29, 0.717) is 18.2 Å². The number of aromatic nitrogens is 2. The maximum absolute atomic E-state index is 12.3. The average molecular weight is 277 g/mol. The summed E-state index contributed by atoms with van der Waals surface area (Å²) in [6.07, 6.45) is 5.61. The molecule has 1 saturated heterocycles. The lowest BCUT2D eigenvalue weighted by Crippen LogP contribution is -2.39. The highest BCUT2D eigenvalue weighted by atomic mass is 16.5. The van der Waals surface area contributed by atoms with Crippen LogP contribution in [0.15, 0.2) is 24.9 Å². The van der Waals surface area contributed by atoms with Gasteiger partial charge in [-0.3, -0.25) is 9.48 Å². The smallest absolute Gasteiger partial charge is 0.274 e. The van der Waals surface area contributed by atoms with E-state index < -0.39 is 0 Å². The molecule has 1 amide bonds. The molecule has 0 aliphatic carbocycles. The van der Waals surface area contributed by atoms with Crippen molar-refractivity contribution < 1.29 is 9.53 Å². The van der Waals surface area contributed by atoms with Crippen molar-refractivity contribution in [3.05, 3.63) is 30.6 Å². The molecule has 5 heteroatoms. The first-order valence-electron chi connectivity index (χ1n) is 7.26. The lowest BCUT2D eigenvalue weighted by atomic mass is 9.97. The van der Waals surface area contributed by atoms with E-state index in [-0.39, 0.29) is 5.91 Å². The Kier molecular flexibility index (Phi) is 5.35. The third kappa shape index (κ3) is 3.70. The molecule has 110 valence electrons. The molecule has 1 fully saturated rings. The topological polar surface area (TPSA) is 47.4 Å². The van der Waals surface area contributed by atoms with E-state index in [9.17, 15) is 4.79 Å². The molecule has 0 aromatic carbocycles. The molecular weight excluding hydrogens is 254 g/mol. The first-order valence-corrected chi connectivity index (χ1v) is 7.26. The van der Waals surface area contributed by atoms with Crippen LogP contribution in [0.4, 0.5) is 0 Å². The molecule has 1 aliphatic heterocycles. The van der Waals surface area contributed by atoms with E-state index in [4.69, 9.17) is 4.74 Å². The van der Waals surface area contributed by atoms with E-state index in [1.54, 1.807) is 16.8 Å². The number of amides is 1. The van der Waals surface area contributed by atoms with Gasteiger partial charge in [0.05, 0.1) is 6.61 Å². The Morgan fingerprint density at radius 3 is 2.90 bits per heavy atom. The maximum atomic E-state index is 12.3. The number of carbonyl (C=O) groups excluding carboxylic acids is 1. The van der Waals surface area contributed by atoms with Gasteiger partial charge in [-0.15, -0.1) is 6.58 Å². The SMILES string of the molecule is C=CCOCC1CCN(C(=O)c2ccn(CC)n2)CC1. The molecule has 0 bridgehead atoms. The van der Waals surface area contributed by atoms with E-state index in [2.05, 4.69) is 11.7 Å². The van der Waals surface area contributed by atoms with Crippen LogP contribution in [0.5, 0.6) is 0 Å². The van der Waals surface area contributed by atoms with Crippen molar-refractivity contribution in [2.24, 2.45) is 5.92 Å². The van der Waals surface area contributed by atoms with Gasteiger partial charge in [-0.25, -0.2) is 0 Å². The monoisotopic (exact) mass is 277 g/mol. The largest absolute Gasteiger partial charge is 0.377 e. The third-order valence-corrected chi connectivity index (χ3v) is 3.67. The summed E-state index contributed by atoms with van der Waals surface area (Å²) < 4.78 is 7.26. The van der Waals surface area contributed by atoms with Gasteiger partial charge >= 0.3 is 0 Å². The highest BCUT2D eigenvalue weighted by Crippen LogP contribution is 2.19. The highest BCUT2D eigenvalue weighted by Gasteiger charge is 2.24. The Morgan fingerprint density at radius 1 is 1.55 bits per heavy atom. The summed E-state index contributed by atoms with van der Waals surface area (Å²) in [5.74, 6) is 0.592. The number of carbonyl (C=O) groups is 1. The first kappa shape index (κ1) is 14.8. The summed E-state index contributed by atoms with van der Waals surface area (Å²) in [6.45, 7) is 9.38. The molecule has 5 nitrogen and oxygen atoms in total. The number of aryl methyl sites for hydroxylation is 1. The molecule has 1 aromatic heterocycles. The minimum Gasteiger partial charge on any atom is -0.377 e. The number of piperidine rings is 1. The van der Waals surface area contributed by atoms with Crippen LogP contribution in [0.3, 0.4) is 0 Å². The lowest BCUT2D eigenvalue weighted by molar-refractivity contribution is 0.0570. The summed E-state index contributed by atoms with van der Waals surface area (Å²) >= 11 is 0. The summed E-state index contributed by atoms with van der Waals surface area (Å²) in [5, 5.41) is 4.27. The van der Waals surface area contributed by atoms with Crippen molar-refractivity contribution in [2.45, 2.75) is 26.3 Å². The molecule has 0 spiro atoms. The maximum Gasteiger partial charge on any atom is 0.274 e. The summed E-state index contributed by atoms with van der Waals surface area (Å²) in [6, 6.07) is 1.80. The third-order valence-electron chi connectivity index (χ3n) is 3.67. The Hall–Kier alpha value is -1.62. The molecule has 20 heavy (non-hydrogen) atoms. The van der Waals surface area contributed by atoms with Crippen molar-refractivity contribution in [1.82, 2.24) is 14.7 Å². The molecule has 2 heterocycles. The second-order valence-electron chi connectivity index (χ2n) is 5.12. The summed E-state index contributed by atoms with van der Waals surface area (Å²) in [4.78, 5) is 14.2. The Balaban J connectivity index is 1.81. The standard InChI is InChI=1S/C15H23N3O2/c1-3-11-20-12-13-5-8-17(9-6-13)15(19)14-7-10-18(4-2)16-14/h3,7,10,13H,1,4-6,8-9,11-12H2,2H3. The van der Waals surface area contributed by atoms with Crippen molar-refractivity contribution in [3.63, 3.8) is 0 Å². The fourth-order valence-electron chi connectivity index (χ4n) is 2.43. The van der Waals surface area contributed by atoms with Gasteiger partial charge in [0.25, 0.3) is 5.91 Å². The van der Waals surface area contributed by atoms with Crippen molar-refractivity contribution in [3.8, 4) is 0 Å². The van der Waals surface area contributed by atoms with Gasteiger partial charge in [-0.1, -0.05) is 6.08 Å². The number of nitrogens with zero attached hydrogens (tertiary/aromatic N) is 3. The number of hydrogen-bond acceptors (Lipinski definition) is 3. The number of likely N-dealkylation sites (tertiary alicyclic amines) is 1.